The molecule has 1 unspecified atom stereocenters. The SMILES string of the molecule is Cc1nc2c3cc(C4(C#N)CC4)c(=O)n(c3n1)CCCCCCC(C)N1CC(C1)CC(F)(F)c1cccc(c1F)[C@@H](C)N2. The number of alkyl halides is 2. The third-order valence-electron chi connectivity index (χ3n) is 9.69. The zero-order valence-corrected chi connectivity index (χ0v) is 25.1. The fraction of sp³-hybridized carbons (Fsp3) is 0.576. The molecule has 5 heterocycles. The van der Waals surface area contributed by atoms with E-state index in [9.17, 15) is 10.1 Å². The molecule has 0 spiro atoms. The number of halogens is 3. The van der Waals surface area contributed by atoms with Crippen molar-refractivity contribution in [3.63, 3.8) is 0 Å². The molecule has 43 heavy (non-hydrogen) atoms. The summed E-state index contributed by atoms with van der Waals surface area (Å²) in [5, 5.41) is 13.8. The van der Waals surface area contributed by atoms with Gasteiger partial charge in [-0.05, 0) is 58.4 Å². The zero-order chi connectivity index (χ0) is 30.5. The van der Waals surface area contributed by atoms with Crippen LogP contribution < -0.4 is 10.9 Å². The molecule has 2 aromatic heterocycles. The van der Waals surface area contributed by atoms with Crippen LogP contribution in [-0.4, -0.2) is 38.6 Å². The molecule has 0 amide bonds. The van der Waals surface area contributed by atoms with Crippen LogP contribution in [0, 0.1) is 30.0 Å². The Labute approximate surface area is 250 Å². The molecule has 4 aliphatic rings. The number of aryl methyl sites for hydroxylation is 2. The van der Waals surface area contributed by atoms with E-state index in [2.05, 4.69) is 33.2 Å². The fourth-order valence-electron chi connectivity index (χ4n) is 6.85. The van der Waals surface area contributed by atoms with Crippen LogP contribution in [0.2, 0.25) is 0 Å². The van der Waals surface area contributed by atoms with E-state index < -0.39 is 28.8 Å². The number of nitrogens with zero attached hydrogens (tertiary/aromatic N) is 5. The number of rotatable bonds is 1. The van der Waals surface area contributed by atoms with Gasteiger partial charge in [-0.2, -0.15) is 5.26 Å². The molecule has 2 atom stereocenters. The molecule has 2 fully saturated rings. The number of hydrogen-bond donors (Lipinski definition) is 1. The maximum Gasteiger partial charge on any atom is 0.276 e. The quantitative estimate of drug-likeness (QED) is 0.337. The molecule has 1 aliphatic carbocycles. The lowest BCUT2D eigenvalue weighted by atomic mass is 9.87. The summed E-state index contributed by atoms with van der Waals surface area (Å²) in [6, 6.07) is 7.82. The molecular weight excluding hydrogens is 553 g/mol. The van der Waals surface area contributed by atoms with Gasteiger partial charge in [0.15, 0.2) is 0 Å². The van der Waals surface area contributed by atoms with E-state index in [1.807, 2.05) is 0 Å². The van der Waals surface area contributed by atoms with Crippen molar-refractivity contribution in [2.24, 2.45) is 5.92 Å². The summed E-state index contributed by atoms with van der Waals surface area (Å²) in [5.41, 5.74) is -0.619. The fourth-order valence-corrected chi connectivity index (χ4v) is 6.85. The summed E-state index contributed by atoms with van der Waals surface area (Å²) < 4.78 is 48.6. The number of pyridine rings is 1. The number of anilines is 1. The third kappa shape index (κ3) is 5.52. The standard InChI is InChI=1S/C33H39F3N6O/c1-20-9-6-4-5-7-14-42-30-25(15-27(31(42)43)32(19-37)12-13-32)29(39-22(3)40-30)38-21(2)24-10-8-11-26(28(24)34)33(35,36)16-23-17-41(20)18-23/h8,10-11,15,20-21,23H,4-7,9,12-14,16-18H2,1-3H3,(H,38,39,40)/t20?,21-/m1/s1. The van der Waals surface area contributed by atoms with Crippen LogP contribution in [0.15, 0.2) is 29.1 Å². The Morgan fingerprint density at radius 3 is 2.53 bits per heavy atom. The highest BCUT2D eigenvalue weighted by molar-refractivity contribution is 5.88. The third-order valence-corrected chi connectivity index (χ3v) is 9.69. The predicted octanol–water partition coefficient (Wildman–Crippen LogP) is 6.73. The summed E-state index contributed by atoms with van der Waals surface area (Å²) >= 11 is 0. The first kappa shape index (κ1) is 29.6. The molecule has 0 radical (unpaired) electrons. The second kappa shape index (κ2) is 11.2. The van der Waals surface area contributed by atoms with Crippen molar-refractivity contribution >= 4 is 16.9 Å². The van der Waals surface area contributed by atoms with E-state index in [0.717, 1.165) is 32.1 Å². The smallest absolute Gasteiger partial charge is 0.276 e. The highest BCUT2D eigenvalue weighted by atomic mass is 19.3. The van der Waals surface area contributed by atoms with Gasteiger partial charge in [-0.1, -0.05) is 37.5 Å². The van der Waals surface area contributed by atoms with Gasteiger partial charge < -0.3 is 10.2 Å². The van der Waals surface area contributed by atoms with Crippen molar-refractivity contribution < 1.29 is 13.2 Å². The Balaban J connectivity index is 1.44. The monoisotopic (exact) mass is 592 g/mol. The van der Waals surface area contributed by atoms with Crippen molar-refractivity contribution in [2.45, 2.75) is 102 Å². The summed E-state index contributed by atoms with van der Waals surface area (Å²) in [6.07, 6.45) is 5.55. The molecule has 10 heteroatoms. The van der Waals surface area contributed by atoms with E-state index in [-0.39, 0.29) is 23.5 Å². The van der Waals surface area contributed by atoms with Crippen molar-refractivity contribution in [3.8, 4) is 6.07 Å². The molecule has 8 bridgehead atoms. The van der Waals surface area contributed by atoms with Crippen LogP contribution in [0.5, 0.6) is 0 Å². The number of benzene rings is 1. The molecular formula is C33H39F3N6O. The molecule has 1 saturated carbocycles. The van der Waals surface area contributed by atoms with Gasteiger partial charge in [0.25, 0.3) is 11.5 Å². The van der Waals surface area contributed by atoms with Gasteiger partial charge in [0.05, 0.1) is 28.5 Å². The average molecular weight is 593 g/mol. The lowest BCUT2D eigenvalue weighted by molar-refractivity contribution is -0.0663. The van der Waals surface area contributed by atoms with Gasteiger partial charge in [-0.3, -0.25) is 9.36 Å². The molecule has 1 saturated heterocycles. The number of nitriles is 1. The second-order valence-corrected chi connectivity index (χ2v) is 12.9. The molecule has 3 aliphatic heterocycles. The minimum Gasteiger partial charge on any atom is -0.363 e. The normalized spacial score (nSPS) is 26.9. The molecule has 7 rings (SSSR count). The summed E-state index contributed by atoms with van der Waals surface area (Å²) in [6.45, 7) is 7.23. The van der Waals surface area contributed by atoms with Gasteiger partial charge in [-0.15, -0.1) is 0 Å². The van der Waals surface area contributed by atoms with E-state index in [4.69, 9.17) is 0 Å². The number of aromatic nitrogens is 3. The minimum absolute atomic E-state index is 0.112. The number of hydrogen-bond acceptors (Lipinski definition) is 6. The van der Waals surface area contributed by atoms with Crippen LogP contribution >= 0.6 is 0 Å². The second-order valence-electron chi connectivity index (χ2n) is 12.9. The van der Waals surface area contributed by atoms with Crippen molar-refractivity contribution in [3.05, 3.63) is 63.0 Å². The Hall–Kier alpha value is -3.45. The van der Waals surface area contributed by atoms with E-state index in [1.54, 1.807) is 24.5 Å². The molecule has 3 aromatic rings. The summed E-state index contributed by atoms with van der Waals surface area (Å²) in [7, 11) is 0. The molecule has 7 nitrogen and oxygen atoms in total. The van der Waals surface area contributed by atoms with E-state index in [1.165, 1.54) is 18.2 Å². The Morgan fingerprint density at radius 1 is 1.07 bits per heavy atom. The Bertz CT molecular complexity index is 1640. The zero-order valence-electron chi connectivity index (χ0n) is 25.1. The van der Waals surface area contributed by atoms with Crippen LogP contribution in [0.4, 0.5) is 19.0 Å². The van der Waals surface area contributed by atoms with Gasteiger partial charge in [0, 0.05) is 43.2 Å². The van der Waals surface area contributed by atoms with Gasteiger partial charge >= 0.3 is 0 Å². The lowest BCUT2D eigenvalue weighted by Crippen LogP contribution is -2.52. The first-order valence-electron chi connectivity index (χ1n) is 15.5. The molecule has 1 N–H and O–H groups in total. The van der Waals surface area contributed by atoms with Crippen molar-refractivity contribution in [1.82, 2.24) is 19.4 Å². The maximum absolute atomic E-state index is 15.8. The van der Waals surface area contributed by atoms with Crippen molar-refractivity contribution in [1.29, 1.82) is 5.26 Å². The summed E-state index contributed by atoms with van der Waals surface area (Å²) in [5.74, 6) is -3.59. The minimum atomic E-state index is -3.29. The highest BCUT2D eigenvalue weighted by Crippen LogP contribution is 2.47. The van der Waals surface area contributed by atoms with Gasteiger partial charge in [0.1, 0.15) is 23.1 Å². The number of nitrogens with one attached hydrogen (secondary N) is 1. The Kier molecular flexibility index (Phi) is 7.74. The van der Waals surface area contributed by atoms with E-state index >= 15 is 13.2 Å². The van der Waals surface area contributed by atoms with Crippen LogP contribution in [0.3, 0.4) is 0 Å². The number of fused-ring (bicyclic) bond motifs is 8. The Morgan fingerprint density at radius 2 is 1.81 bits per heavy atom. The maximum atomic E-state index is 15.8. The summed E-state index contributed by atoms with van der Waals surface area (Å²) in [4.78, 5) is 25.3. The van der Waals surface area contributed by atoms with Crippen LogP contribution in [-0.2, 0) is 17.9 Å². The first-order valence-corrected chi connectivity index (χ1v) is 15.5. The lowest BCUT2D eigenvalue weighted by Gasteiger charge is -2.44. The van der Waals surface area contributed by atoms with Crippen molar-refractivity contribution in [2.75, 3.05) is 18.4 Å². The van der Waals surface area contributed by atoms with Gasteiger partial charge in [0.2, 0.25) is 0 Å². The van der Waals surface area contributed by atoms with Crippen LogP contribution in [0.1, 0.15) is 93.8 Å². The highest BCUT2D eigenvalue weighted by Gasteiger charge is 2.47. The molecule has 228 valence electrons. The average Bonchev–Trinajstić information content (AvgIpc) is 3.73. The molecule has 1 aromatic carbocycles. The largest absolute Gasteiger partial charge is 0.363 e. The van der Waals surface area contributed by atoms with Gasteiger partial charge in [-0.25, -0.2) is 23.1 Å². The van der Waals surface area contributed by atoms with Crippen LogP contribution in [0.25, 0.3) is 11.0 Å². The topological polar surface area (TPSA) is 86.8 Å². The predicted molar refractivity (Wildman–Crippen MR) is 160 cm³/mol. The van der Waals surface area contributed by atoms with E-state index in [0.29, 0.717) is 66.8 Å². The first-order chi connectivity index (χ1) is 20.5.